The molecule has 360 valence electrons. The van der Waals surface area contributed by atoms with E-state index >= 15 is 0 Å². The first kappa shape index (κ1) is 33.9. The first-order valence-electron chi connectivity index (χ1n) is 31.3. The molecule has 8 rings (SSSR count). The quantitative estimate of drug-likeness (QED) is 0.154. The normalized spacial score (nSPS) is 16.4. The number of imidazole rings is 1. The number of nitrogens with zero attached hydrogens (tertiary/aromatic N) is 3. The van der Waals surface area contributed by atoms with Gasteiger partial charge < -0.3 is 5.11 Å². The Morgan fingerprint density at radius 1 is 0.594 bits per heavy atom. The zero-order valence-corrected chi connectivity index (χ0v) is 44.1. The van der Waals surface area contributed by atoms with Gasteiger partial charge >= 0.3 is 0 Å². The Balaban J connectivity index is 0.0000104. The van der Waals surface area contributed by atoms with Crippen LogP contribution in [-0.4, -0.2) is 19.6 Å². The molecule has 0 aliphatic carbocycles. The van der Waals surface area contributed by atoms with Crippen molar-refractivity contribution < 1.29 is 48.1 Å². The van der Waals surface area contributed by atoms with Gasteiger partial charge in [0.1, 0.15) is 11.6 Å². The van der Waals surface area contributed by atoms with Crippen LogP contribution in [0.25, 0.3) is 72.7 Å². The number of pyridine rings is 1. The second-order valence-corrected chi connectivity index (χ2v) is 21.7. The number of aromatic hydroxyl groups is 1. The van der Waals surface area contributed by atoms with Gasteiger partial charge in [-0.2, -0.15) is 0 Å². The molecule has 69 heavy (non-hydrogen) atoms. The van der Waals surface area contributed by atoms with Crippen molar-refractivity contribution in [1.29, 1.82) is 0 Å². The molecule has 5 heteroatoms. The number of hydrogen-bond donors (Lipinski definition) is 1. The van der Waals surface area contributed by atoms with E-state index in [1.165, 1.54) is 5.56 Å². The van der Waals surface area contributed by atoms with Crippen LogP contribution in [0.4, 0.5) is 0 Å². The number of phenols is 1. The van der Waals surface area contributed by atoms with Gasteiger partial charge in [-0.1, -0.05) is 200 Å². The van der Waals surface area contributed by atoms with Crippen molar-refractivity contribution in [2.75, 3.05) is 0 Å². The monoisotopic (exact) mass is 1110 g/mol. The molecule has 6 aromatic carbocycles. The molecule has 2 aromatic heterocycles. The summed E-state index contributed by atoms with van der Waals surface area (Å²) in [6, 6.07) is 25.6. The van der Waals surface area contributed by atoms with Crippen LogP contribution in [0.15, 0.2) is 127 Å². The van der Waals surface area contributed by atoms with Crippen LogP contribution in [-0.2, 0) is 42.7 Å². The maximum Gasteiger partial charge on any atom is 0.148 e. The third-order valence-corrected chi connectivity index (χ3v) is 12.7. The SMILES string of the molecule is [2H]c1nc(-c2[c-]c(-c3cccc4c3nc(-c3cc(C(C)C)cc(C(C)C)c3O)n4-c3ccc(C(C)(C)C)cc3-c3ccc(C(C)(C)C)cc3)cc(C(C)(C)C)c2)c([2H])c(-c2c([2H])c([2H])c(C(C([2H])([2H])[2H])(C([2H])([2H])[2H])C([2H])([2H])[2H])c([2H])c2[2H])c1[2H].[Pt]. The number of aromatic nitrogens is 3. The van der Waals surface area contributed by atoms with Crippen LogP contribution in [0.5, 0.6) is 5.75 Å². The van der Waals surface area contributed by atoms with Crippen molar-refractivity contribution in [1.82, 2.24) is 14.5 Å². The molecule has 0 saturated heterocycles. The Kier molecular flexibility index (Phi) is 9.31. The Hall–Kier alpha value is -5.57. The number of phenolic OH excluding ortho intramolecular Hbond substituents is 1. The molecular weight excluding hydrogens is 1020 g/mol. The molecular formula is C64H72N3OPt-. The van der Waals surface area contributed by atoms with Gasteiger partial charge in [-0.05, 0) is 108 Å². The van der Waals surface area contributed by atoms with E-state index in [4.69, 9.17) is 22.8 Å². The standard InChI is InChI=1S/C64H72N3O.Pt/c1-39(2)44-35-52(40(3)4)59(68)54(36-44)60-66-58-51(18-17-19-57(58)67(60)56-29-28-49(63(11,12)13)38-53(56)42-22-26-48(27-23-42)62(8,9)10)45-32-46(34-50(33-45)64(14,15)16)55-37-43(30-31-65-55)41-20-24-47(25-21-41)61(5,6)7;/h17-31,33-40,68H,1-16H3;/q-1;/i5D3,6D3,7D3,20D,21D,24D,25D,30D,31D,37D;. The predicted octanol–water partition coefficient (Wildman–Crippen LogP) is 17.7. The molecule has 0 fully saturated rings. The van der Waals surface area contributed by atoms with Gasteiger partial charge in [0.05, 0.1) is 31.9 Å². The number of benzene rings is 6. The molecule has 0 atom stereocenters. The predicted molar refractivity (Wildman–Crippen MR) is 290 cm³/mol. The molecule has 0 unspecified atom stereocenters. The maximum absolute atomic E-state index is 12.5. The Bertz CT molecular complexity index is 3850. The molecule has 4 nitrogen and oxygen atoms in total. The molecule has 0 amide bonds. The summed E-state index contributed by atoms with van der Waals surface area (Å²) >= 11 is 0. The molecule has 0 aliphatic heterocycles. The number of para-hydroxylation sites is 1. The molecule has 8 aromatic rings. The molecule has 0 saturated carbocycles. The van der Waals surface area contributed by atoms with Crippen LogP contribution in [0.3, 0.4) is 0 Å². The van der Waals surface area contributed by atoms with Crippen LogP contribution in [0, 0.1) is 6.07 Å². The summed E-state index contributed by atoms with van der Waals surface area (Å²) in [6.45, 7) is 15.5. The van der Waals surface area contributed by atoms with Gasteiger partial charge in [-0.15, -0.1) is 29.3 Å². The summed E-state index contributed by atoms with van der Waals surface area (Å²) in [7, 11) is 0. The van der Waals surface area contributed by atoms with Gasteiger partial charge in [0.15, 0.2) is 0 Å². The molecule has 1 N–H and O–H groups in total. The minimum Gasteiger partial charge on any atom is -0.507 e. The van der Waals surface area contributed by atoms with Crippen molar-refractivity contribution in [3.63, 3.8) is 0 Å². The molecule has 0 radical (unpaired) electrons. The van der Waals surface area contributed by atoms with E-state index in [0.717, 1.165) is 33.5 Å². The molecule has 0 aliphatic rings. The summed E-state index contributed by atoms with van der Waals surface area (Å²) in [4.78, 5) is 9.95. The average Bonchev–Trinajstić information content (AvgIpc) is 0.976. The van der Waals surface area contributed by atoms with Gasteiger partial charge in [0, 0.05) is 50.8 Å². The van der Waals surface area contributed by atoms with E-state index in [0.29, 0.717) is 39.1 Å². The van der Waals surface area contributed by atoms with E-state index in [1.807, 2.05) is 71.0 Å². The summed E-state index contributed by atoms with van der Waals surface area (Å²) in [5, 5.41) is 12.5. The second kappa shape index (κ2) is 19.0. The van der Waals surface area contributed by atoms with E-state index in [2.05, 4.69) is 113 Å². The van der Waals surface area contributed by atoms with E-state index in [1.54, 1.807) is 6.07 Å². The average molecular weight is 1110 g/mol. The van der Waals surface area contributed by atoms with Crippen molar-refractivity contribution in [2.45, 2.75) is 144 Å². The Morgan fingerprint density at radius 3 is 1.84 bits per heavy atom. The van der Waals surface area contributed by atoms with Crippen molar-refractivity contribution >= 4 is 11.0 Å². The summed E-state index contributed by atoms with van der Waals surface area (Å²) in [6.07, 6.45) is -0.745. The Labute approximate surface area is 450 Å². The molecule has 0 bridgehead atoms. The van der Waals surface area contributed by atoms with Gasteiger partial charge in [-0.25, -0.2) is 4.98 Å². The van der Waals surface area contributed by atoms with Crippen molar-refractivity contribution in [3.05, 3.63) is 167 Å². The van der Waals surface area contributed by atoms with E-state index in [-0.39, 0.29) is 60.7 Å². The first-order chi connectivity index (χ1) is 38.5. The Morgan fingerprint density at radius 2 is 1.23 bits per heavy atom. The van der Waals surface area contributed by atoms with E-state index in [9.17, 15) is 9.22 Å². The first-order valence-corrected chi connectivity index (χ1v) is 23.3. The van der Waals surface area contributed by atoms with Crippen LogP contribution in [0.1, 0.15) is 178 Å². The topological polar surface area (TPSA) is 50.9 Å². The molecule has 0 spiro atoms. The smallest absolute Gasteiger partial charge is 0.148 e. The fourth-order valence-corrected chi connectivity index (χ4v) is 8.41. The van der Waals surface area contributed by atoms with Gasteiger partial charge in [0.25, 0.3) is 0 Å². The van der Waals surface area contributed by atoms with Crippen LogP contribution >= 0.6 is 0 Å². The van der Waals surface area contributed by atoms with Crippen molar-refractivity contribution in [3.8, 4) is 67.5 Å². The zero-order valence-electron chi connectivity index (χ0n) is 57.8. The summed E-state index contributed by atoms with van der Waals surface area (Å²) in [5.74, 6) is 0.590. The zero-order chi connectivity index (χ0) is 62.8. The van der Waals surface area contributed by atoms with Crippen molar-refractivity contribution in [2.24, 2.45) is 0 Å². The summed E-state index contributed by atoms with van der Waals surface area (Å²) in [5.41, 5.74) is 2.46. The second-order valence-electron chi connectivity index (χ2n) is 21.7. The maximum atomic E-state index is 12.5. The minimum absolute atomic E-state index is 0. The third-order valence-electron chi connectivity index (χ3n) is 12.7. The minimum atomic E-state index is -3.93. The molecule has 2 heterocycles. The van der Waals surface area contributed by atoms with Gasteiger partial charge in [0.2, 0.25) is 0 Å². The fraction of sp³-hybridized carbons (Fsp3) is 0.344. The van der Waals surface area contributed by atoms with Crippen LogP contribution < -0.4 is 0 Å². The summed E-state index contributed by atoms with van der Waals surface area (Å²) < 4.78 is 141. The number of rotatable bonds is 8. The van der Waals surface area contributed by atoms with Crippen LogP contribution in [0.2, 0.25) is 0 Å². The fourth-order valence-electron chi connectivity index (χ4n) is 8.41. The van der Waals surface area contributed by atoms with Gasteiger partial charge in [-0.3, -0.25) is 9.55 Å². The largest absolute Gasteiger partial charge is 0.507 e. The number of hydrogen-bond acceptors (Lipinski definition) is 3. The van der Waals surface area contributed by atoms with E-state index < -0.39 is 90.5 Å². The number of fused-ring (bicyclic) bond motifs is 1. The third kappa shape index (κ3) is 10.5.